The van der Waals surface area contributed by atoms with Gasteiger partial charge in [-0.05, 0) is 66.9 Å². The molecule has 12 nitrogen and oxygen atoms in total. The first-order chi connectivity index (χ1) is 27.1. The Bertz CT molecular complexity index is 2180. The molecule has 3 aromatic carbocycles. The van der Waals surface area contributed by atoms with Crippen LogP contribution in [0.15, 0.2) is 60.7 Å². The second kappa shape index (κ2) is 14.6. The number of Topliss-reactive ketones (excluding diaryl/α,β-unsaturated/α-hetero) is 1. The lowest BCUT2D eigenvalue weighted by atomic mass is 9.44. The van der Waals surface area contributed by atoms with Crippen molar-refractivity contribution in [1.82, 2.24) is 15.1 Å². The topological polar surface area (TPSA) is 143 Å². The van der Waals surface area contributed by atoms with Gasteiger partial charge in [0.25, 0.3) is 11.8 Å². The molecule has 3 saturated heterocycles. The highest BCUT2D eigenvalue weighted by atomic mass is 35.5. The number of anilines is 2. The van der Waals surface area contributed by atoms with E-state index in [-0.39, 0.29) is 47.0 Å². The number of hydrogen-bond acceptors (Lipinski definition) is 10. The molecule has 1 aliphatic carbocycles. The first-order valence-corrected chi connectivity index (χ1v) is 20.1. The van der Waals surface area contributed by atoms with E-state index in [1.807, 2.05) is 18.2 Å². The van der Waals surface area contributed by atoms with Gasteiger partial charge in [0, 0.05) is 98.4 Å². The van der Waals surface area contributed by atoms with Crippen LogP contribution in [0.5, 0.6) is 5.75 Å². The van der Waals surface area contributed by atoms with Crippen molar-refractivity contribution < 1.29 is 28.7 Å². The number of nitrogens with zero attached hydrogens (tertiary/aromatic N) is 5. The van der Waals surface area contributed by atoms with Gasteiger partial charge in [-0.1, -0.05) is 39.3 Å². The van der Waals surface area contributed by atoms with E-state index in [0.29, 0.717) is 34.2 Å². The number of ether oxygens (including phenoxy) is 1. The Morgan fingerprint density at radius 3 is 2.18 bits per heavy atom. The Kier molecular flexibility index (Phi) is 9.89. The van der Waals surface area contributed by atoms with Gasteiger partial charge in [-0.2, -0.15) is 5.26 Å². The van der Waals surface area contributed by atoms with Crippen molar-refractivity contribution in [3.05, 3.63) is 87.9 Å². The van der Waals surface area contributed by atoms with Gasteiger partial charge < -0.3 is 14.5 Å². The maximum absolute atomic E-state index is 13.6. The molecule has 57 heavy (non-hydrogen) atoms. The second-order valence-corrected chi connectivity index (χ2v) is 17.8. The minimum Gasteiger partial charge on any atom is -0.489 e. The number of carbonyl (C=O) groups is 5. The fraction of sp³-hybridized carbons (Fsp3) is 0.455. The Balaban J connectivity index is 0.793. The Morgan fingerprint density at radius 2 is 1.53 bits per heavy atom. The lowest BCUT2D eigenvalue weighted by Crippen LogP contribution is -2.66. The third kappa shape index (κ3) is 6.95. The van der Waals surface area contributed by atoms with Crippen LogP contribution in [0.1, 0.15) is 83.6 Å². The average molecular weight is 791 g/mol. The molecule has 296 valence electrons. The van der Waals surface area contributed by atoms with Gasteiger partial charge in [-0.3, -0.25) is 39.1 Å². The predicted octanol–water partition coefficient (Wildman–Crippen LogP) is 5.57. The van der Waals surface area contributed by atoms with Crippen molar-refractivity contribution in [3.8, 4) is 11.8 Å². The van der Waals surface area contributed by atoms with Crippen molar-refractivity contribution in [2.45, 2.75) is 59.1 Å². The number of nitrogens with one attached hydrogen (secondary N) is 1. The Morgan fingerprint density at radius 1 is 0.860 bits per heavy atom. The van der Waals surface area contributed by atoms with Gasteiger partial charge in [0.2, 0.25) is 11.8 Å². The van der Waals surface area contributed by atoms with Crippen LogP contribution in [-0.4, -0.2) is 97.2 Å². The highest BCUT2D eigenvalue weighted by molar-refractivity contribution is 6.31. The summed E-state index contributed by atoms with van der Waals surface area (Å²) in [4.78, 5) is 72.1. The zero-order valence-corrected chi connectivity index (χ0v) is 33.5. The van der Waals surface area contributed by atoms with E-state index in [0.717, 1.165) is 67.7 Å². The maximum Gasteiger partial charge on any atom is 0.262 e. The van der Waals surface area contributed by atoms with Crippen molar-refractivity contribution in [2.75, 3.05) is 55.6 Å². The molecule has 5 aliphatic rings. The molecule has 4 aliphatic heterocycles. The molecule has 8 rings (SSSR count). The van der Waals surface area contributed by atoms with Gasteiger partial charge in [0.1, 0.15) is 24.0 Å². The number of piperidine rings is 1. The number of nitriles is 1. The largest absolute Gasteiger partial charge is 0.489 e. The fourth-order valence-corrected chi connectivity index (χ4v) is 10.3. The van der Waals surface area contributed by atoms with Crippen molar-refractivity contribution >= 4 is 52.4 Å². The van der Waals surface area contributed by atoms with Crippen LogP contribution in [-0.2, 0) is 9.59 Å². The molecule has 1 saturated carbocycles. The van der Waals surface area contributed by atoms with E-state index in [2.05, 4.69) is 65.9 Å². The molecule has 1 atom stereocenters. The number of piperazine rings is 1. The van der Waals surface area contributed by atoms with Gasteiger partial charge in [-0.25, -0.2) is 0 Å². The summed E-state index contributed by atoms with van der Waals surface area (Å²) in [5, 5.41) is 11.8. The summed E-state index contributed by atoms with van der Waals surface area (Å²) in [5.41, 5.74) is 3.22. The number of hydrogen-bond donors (Lipinski definition) is 1. The average Bonchev–Trinajstić information content (AvgIpc) is 3.42. The van der Waals surface area contributed by atoms with Crippen molar-refractivity contribution in [1.29, 1.82) is 5.26 Å². The molecule has 0 radical (unpaired) electrons. The lowest BCUT2D eigenvalue weighted by molar-refractivity contribution is -0.196. The van der Waals surface area contributed by atoms with Crippen LogP contribution in [0.3, 0.4) is 0 Å². The molecule has 0 bridgehead atoms. The van der Waals surface area contributed by atoms with Gasteiger partial charge in [0.05, 0.1) is 21.7 Å². The highest BCUT2D eigenvalue weighted by Gasteiger charge is 2.63. The molecule has 4 amide bonds. The van der Waals surface area contributed by atoms with E-state index in [1.54, 1.807) is 30.3 Å². The normalized spacial score (nSPS) is 24.4. The first kappa shape index (κ1) is 38.6. The number of rotatable bonds is 10. The van der Waals surface area contributed by atoms with Crippen LogP contribution < -0.4 is 19.9 Å². The summed E-state index contributed by atoms with van der Waals surface area (Å²) in [6, 6.07) is 19.5. The van der Waals surface area contributed by atoms with E-state index >= 15 is 0 Å². The standard InChI is InChI=1S/C44H47ClN6O6/c1-43(2)37(44(3,4)42(43)57-31-11-7-28(22-46)34(45)20-31)21-36(52)27-5-8-29(9-6-27)50-24-26(25-50)23-48-15-17-49(18-16-48)30-10-12-32-33(19-30)41(56)51(40(32)55)35-13-14-38(53)47-39(35)54/h5-12,19-20,26,35,37,42H,13-18,21,23-25H2,1-4H3,(H,47,53,54). The predicted molar refractivity (Wildman–Crippen MR) is 214 cm³/mol. The highest BCUT2D eigenvalue weighted by Crippen LogP contribution is 2.61. The molecule has 4 heterocycles. The van der Waals surface area contributed by atoms with E-state index in [1.165, 1.54) is 0 Å². The van der Waals surface area contributed by atoms with Crippen LogP contribution in [0.2, 0.25) is 5.02 Å². The van der Waals surface area contributed by atoms with Gasteiger partial charge in [-0.15, -0.1) is 0 Å². The van der Waals surface area contributed by atoms with Crippen LogP contribution in [0.4, 0.5) is 11.4 Å². The zero-order chi connectivity index (χ0) is 40.4. The molecule has 13 heteroatoms. The molecule has 1 unspecified atom stereocenters. The number of carbonyl (C=O) groups excluding carboxylic acids is 5. The molecule has 4 fully saturated rings. The molecular weight excluding hydrogens is 744 g/mol. The quantitative estimate of drug-likeness (QED) is 0.205. The Labute approximate surface area is 337 Å². The minimum atomic E-state index is -0.976. The van der Waals surface area contributed by atoms with E-state index < -0.39 is 29.7 Å². The van der Waals surface area contributed by atoms with Crippen LogP contribution in [0.25, 0.3) is 0 Å². The van der Waals surface area contributed by atoms with Crippen molar-refractivity contribution in [3.63, 3.8) is 0 Å². The first-order valence-electron chi connectivity index (χ1n) is 19.7. The minimum absolute atomic E-state index is 0.0891. The van der Waals surface area contributed by atoms with Crippen LogP contribution >= 0.6 is 11.6 Å². The summed E-state index contributed by atoms with van der Waals surface area (Å²) in [7, 11) is 0. The van der Waals surface area contributed by atoms with Gasteiger partial charge >= 0.3 is 0 Å². The molecule has 3 aromatic rings. The monoisotopic (exact) mass is 790 g/mol. The zero-order valence-electron chi connectivity index (χ0n) is 32.7. The van der Waals surface area contributed by atoms with Gasteiger partial charge in [0.15, 0.2) is 5.78 Å². The summed E-state index contributed by atoms with van der Waals surface area (Å²) in [5.74, 6) is -0.580. The number of fused-ring (bicyclic) bond motifs is 1. The number of imide groups is 2. The summed E-state index contributed by atoms with van der Waals surface area (Å²) < 4.78 is 6.41. The lowest BCUT2D eigenvalue weighted by Gasteiger charge is -2.63. The number of halogens is 1. The smallest absolute Gasteiger partial charge is 0.262 e. The number of amides is 4. The van der Waals surface area contributed by atoms with E-state index in [4.69, 9.17) is 16.3 Å². The summed E-state index contributed by atoms with van der Waals surface area (Å²) in [6.45, 7) is 14.8. The molecule has 0 aromatic heterocycles. The maximum atomic E-state index is 13.6. The third-order valence-corrected chi connectivity index (χ3v) is 13.4. The summed E-state index contributed by atoms with van der Waals surface area (Å²) >= 11 is 6.25. The fourth-order valence-electron chi connectivity index (χ4n) is 10.1. The second-order valence-electron chi connectivity index (χ2n) is 17.4. The number of ketones is 1. The molecule has 1 N–H and O–H groups in total. The molecule has 0 spiro atoms. The summed E-state index contributed by atoms with van der Waals surface area (Å²) in [6.07, 6.45) is 0.531. The SMILES string of the molecule is CC1(C)C(CC(=O)c2ccc(N3CC(CN4CCN(c5ccc6c(c5)C(=O)N(C5CCC(=O)NC5=O)C6=O)CC4)C3)cc2)C(C)(C)C1Oc1ccc(C#N)c(Cl)c1. The van der Waals surface area contributed by atoms with Crippen molar-refractivity contribution in [2.24, 2.45) is 22.7 Å². The van der Waals surface area contributed by atoms with Crippen LogP contribution in [0, 0.1) is 34.0 Å². The third-order valence-electron chi connectivity index (χ3n) is 13.0. The Hall–Kier alpha value is -5.25. The molecular formula is C44H47ClN6O6. The number of benzene rings is 3. The van der Waals surface area contributed by atoms with E-state index in [9.17, 15) is 29.2 Å².